The topological polar surface area (TPSA) is 60.4 Å². The molecule has 0 aromatic carbocycles. The first-order chi connectivity index (χ1) is 11.3. The van der Waals surface area contributed by atoms with Crippen LogP contribution in [0, 0.1) is 0 Å². The molecule has 2 aromatic rings. The van der Waals surface area contributed by atoms with E-state index < -0.39 is 0 Å². The van der Waals surface area contributed by atoms with E-state index >= 15 is 0 Å². The third-order valence-corrected chi connectivity index (χ3v) is 4.40. The molecule has 0 N–H and O–H groups in total. The highest BCUT2D eigenvalue weighted by Gasteiger charge is 2.48. The third kappa shape index (κ3) is 3.33. The van der Waals surface area contributed by atoms with Crippen molar-refractivity contribution >= 4 is 0 Å². The summed E-state index contributed by atoms with van der Waals surface area (Å²) in [6.07, 6.45) is 7.16. The van der Waals surface area contributed by atoms with Gasteiger partial charge >= 0.3 is 6.01 Å². The van der Waals surface area contributed by atoms with Gasteiger partial charge in [0.1, 0.15) is 6.10 Å². The number of likely N-dealkylation sites (tertiary alicyclic amines) is 1. The fourth-order valence-corrected chi connectivity index (χ4v) is 3.40. The SMILES string of the molecule is c1ccc(CN2CC3(C[C@@H](Oc4ncccn4)CCO3)C2)nc1. The molecule has 4 rings (SSSR count). The predicted octanol–water partition coefficient (Wildman–Crippen LogP) is 1.68. The van der Waals surface area contributed by atoms with Crippen molar-refractivity contribution in [3.05, 3.63) is 48.5 Å². The highest BCUT2D eigenvalue weighted by molar-refractivity contribution is 5.08. The van der Waals surface area contributed by atoms with Gasteiger partial charge in [-0.05, 0) is 18.2 Å². The molecule has 2 fully saturated rings. The lowest BCUT2D eigenvalue weighted by Crippen LogP contribution is -2.65. The summed E-state index contributed by atoms with van der Waals surface area (Å²) in [7, 11) is 0. The van der Waals surface area contributed by atoms with Crippen LogP contribution in [0.3, 0.4) is 0 Å². The Bertz CT molecular complexity index is 632. The Morgan fingerprint density at radius 3 is 2.74 bits per heavy atom. The molecule has 0 unspecified atom stereocenters. The van der Waals surface area contributed by atoms with Gasteiger partial charge in [0.2, 0.25) is 0 Å². The van der Waals surface area contributed by atoms with Crippen molar-refractivity contribution in [2.45, 2.75) is 31.1 Å². The van der Waals surface area contributed by atoms with E-state index in [-0.39, 0.29) is 11.7 Å². The van der Waals surface area contributed by atoms with E-state index in [0.717, 1.165) is 44.8 Å². The number of nitrogens with zero attached hydrogens (tertiary/aromatic N) is 4. The summed E-state index contributed by atoms with van der Waals surface area (Å²) in [4.78, 5) is 15.0. The molecule has 4 heterocycles. The molecule has 6 heteroatoms. The molecule has 2 aliphatic heterocycles. The van der Waals surface area contributed by atoms with Gasteiger partial charge in [0.05, 0.1) is 17.9 Å². The highest BCUT2D eigenvalue weighted by atomic mass is 16.5. The van der Waals surface area contributed by atoms with Crippen LogP contribution in [0.15, 0.2) is 42.9 Å². The van der Waals surface area contributed by atoms with E-state index in [1.807, 2.05) is 18.3 Å². The number of hydrogen-bond acceptors (Lipinski definition) is 6. The summed E-state index contributed by atoms with van der Waals surface area (Å²) in [6, 6.07) is 8.28. The largest absolute Gasteiger partial charge is 0.460 e. The Kier molecular flexibility index (Phi) is 3.93. The first kappa shape index (κ1) is 14.5. The molecule has 1 spiro atoms. The lowest BCUT2D eigenvalue weighted by atomic mass is 9.84. The molecule has 2 aromatic heterocycles. The van der Waals surface area contributed by atoms with Gasteiger partial charge in [0.25, 0.3) is 0 Å². The van der Waals surface area contributed by atoms with Crippen LogP contribution in [-0.2, 0) is 11.3 Å². The van der Waals surface area contributed by atoms with Crippen LogP contribution in [0.25, 0.3) is 0 Å². The Morgan fingerprint density at radius 1 is 1.13 bits per heavy atom. The minimum Gasteiger partial charge on any atom is -0.460 e. The van der Waals surface area contributed by atoms with E-state index in [4.69, 9.17) is 9.47 Å². The van der Waals surface area contributed by atoms with Crippen LogP contribution in [0.5, 0.6) is 6.01 Å². The van der Waals surface area contributed by atoms with E-state index in [1.165, 1.54) is 0 Å². The average molecular weight is 312 g/mol. The monoisotopic (exact) mass is 312 g/mol. The lowest BCUT2D eigenvalue weighted by Gasteiger charge is -2.52. The normalized spacial score (nSPS) is 23.4. The maximum Gasteiger partial charge on any atom is 0.316 e. The number of hydrogen-bond donors (Lipinski definition) is 0. The molecule has 6 nitrogen and oxygen atoms in total. The summed E-state index contributed by atoms with van der Waals surface area (Å²) in [5.41, 5.74) is 1.02. The summed E-state index contributed by atoms with van der Waals surface area (Å²) < 4.78 is 12.0. The predicted molar refractivity (Wildman–Crippen MR) is 83.9 cm³/mol. The van der Waals surface area contributed by atoms with Gasteiger partial charge in [-0.1, -0.05) is 6.07 Å². The summed E-state index contributed by atoms with van der Waals surface area (Å²) >= 11 is 0. The fraction of sp³-hybridized carbons (Fsp3) is 0.471. The van der Waals surface area contributed by atoms with E-state index in [0.29, 0.717) is 6.01 Å². The van der Waals surface area contributed by atoms with Crippen molar-refractivity contribution in [1.82, 2.24) is 19.9 Å². The van der Waals surface area contributed by atoms with Crippen molar-refractivity contribution in [2.75, 3.05) is 19.7 Å². The highest BCUT2D eigenvalue weighted by Crippen LogP contribution is 2.35. The van der Waals surface area contributed by atoms with Crippen LogP contribution in [-0.4, -0.2) is 51.3 Å². The summed E-state index contributed by atoms with van der Waals surface area (Å²) in [6.45, 7) is 3.46. The lowest BCUT2D eigenvalue weighted by molar-refractivity contribution is -0.188. The number of pyridine rings is 1. The molecule has 120 valence electrons. The van der Waals surface area contributed by atoms with Crippen LogP contribution in [0.4, 0.5) is 0 Å². The van der Waals surface area contributed by atoms with Gasteiger partial charge in [0.15, 0.2) is 0 Å². The molecule has 0 saturated carbocycles. The van der Waals surface area contributed by atoms with Crippen molar-refractivity contribution in [3.8, 4) is 6.01 Å². The van der Waals surface area contributed by atoms with Gasteiger partial charge in [-0.15, -0.1) is 0 Å². The number of rotatable bonds is 4. The zero-order valence-corrected chi connectivity index (χ0v) is 13.0. The minimum absolute atomic E-state index is 0.0769. The molecule has 2 saturated heterocycles. The maximum atomic E-state index is 6.05. The molecular formula is C17H20N4O2. The van der Waals surface area contributed by atoms with Gasteiger partial charge in [-0.25, -0.2) is 9.97 Å². The van der Waals surface area contributed by atoms with E-state index in [1.54, 1.807) is 18.5 Å². The average Bonchev–Trinajstić information content (AvgIpc) is 2.56. The maximum absolute atomic E-state index is 6.05. The van der Waals surface area contributed by atoms with Crippen molar-refractivity contribution < 1.29 is 9.47 Å². The van der Waals surface area contributed by atoms with Gasteiger partial charge in [-0.3, -0.25) is 9.88 Å². The summed E-state index contributed by atoms with van der Waals surface area (Å²) in [5, 5.41) is 0. The zero-order chi connectivity index (χ0) is 15.5. The van der Waals surface area contributed by atoms with Crippen LogP contribution < -0.4 is 4.74 Å². The quantitative estimate of drug-likeness (QED) is 0.856. The second-order valence-corrected chi connectivity index (χ2v) is 6.26. The number of aromatic nitrogens is 3. The standard InChI is InChI=1S/C17H20N4O2/c1-2-6-18-14(4-1)11-21-12-17(13-21)10-15(5-9-22-17)23-16-19-7-3-8-20-16/h1-4,6-8,15H,5,9-13H2/t15-/m0/s1. The molecule has 0 radical (unpaired) electrons. The van der Waals surface area contributed by atoms with Gasteiger partial charge < -0.3 is 9.47 Å². The second kappa shape index (κ2) is 6.22. The van der Waals surface area contributed by atoms with Crippen LogP contribution in [0.2, 0.25) is 0 Å². The fourth-order valence-electron chi connectivity index (χ4n) is 3.40. The van der Waals surface area contributed by atoms with Crippen molar-refractivity contribution in [2.24, 2.45) is 0 Å². The van der Waals surface area contributed by atoms with Crippen molar-refractivity contribution in [1.29, 1.82) is 0 Å². The van der Waals surface area contributed by atoms with Gasteiger partial charge in [-0.2, -0.15) is 0 Å². The number of ether oxygens (including phenoxy) is 2. The molecule has 0 amide bonds. The van der Waals surface area contributed by atoms with E-state index in [2.05, 4.69) is 25.9 Å². The Balaban J connectivity index is 1.32. The molecule has 23 heavy (non-hydrogen) atoms. The van der Waals surface area contributed by atoms with Crippen LogP contribution in [0.1, 0.15) is 18.5 Å². The molecule has 0 bridgehead atoms. The zero-order valence-electron chi connectivity index (χ0n) is 13.0. The Hall–Kier alpha value is -2.05. The smallest absolute Gasteiger partial charge is 0.316 e. The minimum atomic E-state index is -0.0769. The van der Waals surface area contributed by atoms with Crippen molar-refractivity contribution in [3.63, 3.8) is 0 Å². The molecule has 2 aliphatic rings. The third-order valence-electron chi connectivity index (χ3n) is 4.40. The Morgan fingerprint density at radius 2 is 1.96 bits per heavy atom. The van der Waals surface area contributed by atoms with E-state index in [9.17, 15) is 0 Å². The molecular weight excluding hydrogens is 292 g/mol. The first-order valence-corrected chi connectivity index (χ1v) is 8.01. The first-order valence-electron chi connectivity index (χ1n) is 8.01. The molecule has 0 aliphatic carbocycles. The van der Waals surface area contributed by atoms with Gasteiger partial charge in [0, 0.05) is 51.1 Å². The second-order valence-electron chi connectivity index (χ2n) is 6.26. The summed E-state index contributed by atoms with van der Waals surface area (Å²) in [5.74, 6) is 0. The Labute approximate surface area is 135 Å². The van der Waals surface area contributed by atoms with Crippen LogP contribution >= 0.6 is 0 Å². The molecule has 1 atom stereocenters.